The van der Waals surface area contributed by atoms with E-state index in [0.717, 1.165) is 12.8 Å². The molecular formula is C10H16F3NO2. The van der Waals surface area contributed by atoms with Crippen LogP contribution in [0.4, 0.5) is 13.2 Å². The van der Waals surface area contributed by atoms with E-state index < -0.39 is 18.7 Å². The van der Waals surface area contributed by atoms with Crippen molar-refractivity contribution in [2.45, 2.75) is 31.1 Å². The fourth-order valence-electron chi connectivity index (χ4n) is 2.53. The van der Waals surface area contributed by atoms with Gasteiger partial charge in [0.2, 0.25) is 0 Å². The molecular weight excluding hydrogens is 223 g/mol. The number of halogens is 3. The topological polar surface area (TPSA) is 32.7 Å². The Labute approximate surface area is 92.2 Å². The van der Waals surface area contributed by atoms with Gasteiger partial charge in [0.1, 0.15) is 0 Å². The molecule has 16 heavy (non-hydrogen) atoms. The van der Waals surface area contributed by atoms with E-state index in [-0.39, 0.29) is 18.6 Å². The lowest BCUT2D eigenvalue weighted by Gasteiger charge is -2.36. The number of aliphatic hydroxyl groups excluding tert-OH is 1. The van der Waals surface area contributed by atoms with Gasteiger partial charge < -0.3 is 9.84 Å². The van der Waals surface area contributed by atoms with Crippen molar-refractivity contribution < 1.29 is 23.0 Å². The maximum absolute atomic E-state index is 12.5. The first-order valence-corrected chi connectivity index (χ1v) is 5.53. The van der Waals surface area contributed by atoms with Crippen molar-refractivity contribution in [3.8, 4) is 0 Å². The average molecular weight is 239 g/mol. The SMILES string of the molecule is OCC(CN1C2CCC1COC2)C(F)(F)F. The summed E-state index contributed by atoms with van der Waals surface area (Å²) in [5.74, 6) is -1.63. The lowest BCUT2D eigenvalue weighted by atomic mass is 10.1. The van der Waals surface area contributed by atoms with Crippen LogP contribution in [0, 0.1) is 5.92 Å². The second-order valence-corrected chi connectivity index (χ2v) is 4.54. The van der Waals surface area contributed by atoms with E-state index in [1.165, 1.54) is 0 Å². The fraction of sp³-hybridized carbons (Fsp3) is 1.00. The van der Waals surface area contributed by atoms with E-state index in [9.17, 15) is 13.2 Å². The van der Waals surface area contributed by atoms with Crippen LogP contribution in [0.1, 0.15) is 12.8 Å². The number of ether oxygens (including phenoxy) is 1. The van der Waals surface area contributed by atoms with Gasteiger partial charge in [-0.05, 0) is 12.8 Å². The molecule has 2 rings (SSSR count). The summed E-state index contributed by atoms with van der Waals surface area (Å²) in [7, 11) is 0. The summed E-state index contributed by atoms with van der Waals surface area (Å²) in [6.45, 7) is 0.109. The van der Waals surface area contributed by atoms with E-state index in [4.69, 9.17) is 9.84 Å². The molecule has 3 nitrogen and oxygen atoms in total. The summed E-state index contributed by atoms with van der Waals surface area (Å²) in [6, 6.07) is 0.213. The lowest BCUT2D eigenvalue weighted by Crippen LogP contribution is -2.50. The molecule has 2 bridgehead atoms. The van der Waals surface area contributed by atoms with Crippen molar-refractivity contribution in [1.82, 2.24) is 4.90 Å². The summed E-state index contributed by atoms with van der Waals surface area (Å²) in [5, 5.41) is 8.81. The number of rotatable bonds is 3. The molecule has 2 heterocycles. The summed E-state index contributed by atoms with van der Waals surface area (Å²) in [6.07, 6.45) is -2.51. The Bertz CT molecular complexity index is 231. The molecule has 0 spiro atoms. The van der Waals surface area contributed by atoms with Crippen LogP contribution >= 0.6 is 0 Å². The van der Waals surface area contributed by atoms with Crippen molar-refractivity contribution in [3.05, 3.63) is 0 Å². The van der Waals surface area contributed by atoms with E-state index in [1.807, 2.05) is 4.90 Å². The van der Waals surface area contributed by atoms with E-state index in [2.05, 4.69) is 0 Å². The molecule has 0 saturated carbocycles. The highest BCUT2D eigenvalue weighted by Crippen LogP contribution is 2.33. The fourth-order valence-corrected chi connectivity index (χ4v) is 2.53. The van der Waals surface area contributed by atoms with Gasteiger partial charge in [0.15, 0.2) is 0 Å². The second-order valence-electron chi connectivity index (χ2n) is 4.54. The highest BCUT2D eigenvalue weighted by Gasteiger charge is 2.45. The molecule has 2 aliphatic rings. The van der Waals surface area contributed by atoms with Crippen LogP contribution in [0.3, 0.4) is 0 Å². The molecule has 94 valence electrons. The molecule has 0 aromatic carbocycles. The minimum Gasteiger partial charge on any atom is -0.396 e. The van der Waals surface area contributed by atoms with Gasteiger partial charge in [0.25, 0.3) is 0 Å². The maximum Gasteiger partial charge on any atom is 0.395 e. The quantitative estimate of drug-likeness (QED) is 0.798. The van der Waals surface area contributed by atoms with Gasteiger partial charge in [-0.2, -0.15) is 13.2 Å². The highest BCUT2D eigenvalue weighted by atomic mass is 19.4. The largest absolute Gasteiger partial charge is 0.396 e. The number of aliphatic hydroxyl groups is 1. The molecule has 0 amide bonds. The standard InChI is InChI=1S/C10H16F3NO2/c11-10(12,13)7(4-15)3-14-8-1-2-9(14)6-16-5-8/h7-9,15H,1-6H2. The Morgan fingerprint density at radius 3 is 2.25 bits per heavy atom. The smallest absolute Gasteiger partial charge is 0.395 e. The van der Waals surface area contributed by atoms with Gasteiger partial charge in [0, 0.05) is 18.6 Å². The van der Waals surface area contributed by atoms with Crippen molar-refractivity contribution in [2.75, 3.05) is 26.4 Å². The summed E-state index contributed by atoms with van der Waals surface area (Å²) in [5.41, 5.74) is 0. The summed E-state index contributed by atoms with van der Waals surface area (Å²) < 4.78 is 42.9. The Balaban J connectivity index is 1.98. The highest BCUT2D eigenvalue weighted by molar-refractivity contribution is 4.92. The number of morpholine rings is 1. The third-order valence-electron chi connectivity index (χ3n) is 3.51. The molecule has 0 aliphatic carbocycles. The summed E-state index contributed by atoms with van der Waals surface area (Å²) >= 11 is 0. The van der Waals surface area contributed by atoms with Gasteiger partial charge in [0.05, 0.1) is 25.7 Å². The second kappa shape index (κ2) is 4.50. The third-order valence-corrected chi connectivity index (χ3v) is 3.51. The molecule has 3 unspecified atom stereocenters. The zero-order chi connectivity index (χ0) is 11.8. The molecule has 2 aliphatic heterocycles. The first-order chi connectivity index (χ1) is 7.52. The minimum atomic E-state index is -4.31. The molecule has 6 heteroatoms. The van der Waals surface area contributed by atoms with Crippen molar-refractivity contribution >= 4 is 0 Å². The lowest BCUT2D eigenvalue weighted by molar-refractivity contribution is -0.193. The number of alkyl halides is 3. The predicted molar refractivity (Wildman–Crippen MR) is 51.0 cm³/mol. The first-order valence-electron chi connectivity index (χ1n) is 5.53. The van der Waals surface area contributed by atoms with Gasteiger partial charge in [-0.1, -0.05) is 0 Å². The third kappa shape index (κ3) is 2.33. The van der Waals surface area contributed by atoms with E-state index in [1.54, 1.807) is 0 Å². The Morgan fingerprint density at radius 1 is 1.25 bits per heavy atom. The van der Waals surface area contributed by atoms with Crippen LogP contribution in [0.2, 0.25) is 0 Å². The molecule has 3 atom stereocenters. The molecule has 1 N–H and O–H groups in total. The van der Waals surface area contributed by atoms with Crippen LogP contribution in [-0.4, -0.2) is 54.6 Å². The van der Waals surface area contributed by atoms with Gasteiger partial charge >= 0.3 is 6.18 Å². The zero-order valence-electron chi connectivity index (χ0n) is 8.91. The maximum atomic E-state index is 12.5. The summed E-state index contributed by atoms with van der Waals surface area (Å²) in [4.78, 5) is 1.86. The zero-order valence-corrected chi connectivity index (χ0v) is 8.91. The van der Waals surface area contributed by atoms with Crippen LogP contribution < -0.4 is 0 Å². The van der Waals surface area contributed by atoms with Crippen LogP contribution in [0.5, 0.6) is 0 Å². The minimum absolute atomic E-state index is 0.0985. The van der Waals surface area contributed by atoms with Crippen molar-refractivity contribution in [3.63, 3.8) is 0 Å². The van der Waals surface area contributed by atoms with E-state index >= 15 is 0 Å². The Morgan fingerprint density at radius 2 is 1.81 bits per heavy atom. The molecule has 2 saturated heterocycles. The van der Waals surface area contributed by atoms with Gasteiger partial charge in [-0.25, -0.2) is 0 Å². The number of hydrogen-bond acceptors (Lipinski definition) is 3. The number of hydrogen-bond donors (Lipinski definition) is 1. The molecule has 2 fully saturated rings. The van der Waals surface area contributed by atoms with Gasteiger partial charge in [-0.15, -0.1) is 0 Å². The van der Waals surface area contributed by atoms with E-state index in [0.29, 0.717) is 13.2 Å². The van der Waals surface area contributed by atoms with Crippen molar-refractivity contribution in [2.24, 2.45) is 5.92 Å². The molecule has 0 radical (unpaired) electrons. The average Bonchev–Trinajstić information content (AvgIpc) is 2.45. The predicted octanol–water partition coefficient (Wildman–Crippen LogP) is 1.02. The number of fused-ring (bicyclic) bond motifs is 2. The molecule has 0 aromatic heterocycles. The van der Waals surface area contributed by atoms with Gasteiger partial charge in [-0.3, -0.25) is 4.90 Å². The van der Waals surface area contributed by atoms with Crippen LogP contribution in [0.25, 0.3) is 0 Å². The molecule has 0 aromatic rings. The Hall–Kier alpha value is -0.330. The Kier molecular flexibility index (Phi) is 3.42. The van der Waals surface area contributed by atoms with Crippen LogP contribution in [0.15, 0.2) is 0 Å². The normalized spacial score (nSPS) is 33.0. The first kappa shape index (κ1) is 12.1. The number of nitrogens with zero attached hydrogens (tertiary/aromatic N) is 1. The van der Waals surface area contributed by atoms with Crippen LogP contribution in [-0.2, 0) is 4.74 Å². The van der Waals surface area contributed by atoms with Crippen molar-refractivity contribution in [1.29, 1.82) is 0 Å². The monoisotopic (exact) mass is 239 g/mol.